The van der Waals surface area contributed by atoms with Gasteiger partial charge in [0, 0.05) is 32.8 Å². The molecular formula is C14H26N2O. The summed E-state index contributed by atoms with van der Waals surface area (Å²) in [7, 11) is 1.77. The zero-order valence-corrected chi connectivity index (χ0v) is 11.0. The monoisotopic (exact) mass is 238 g/mol. The van der Waals surface area contributed by atoms with Gasteiger partial charge >= 0.3 is 0 Å². The predicted molar refractivity (Wildman–Crippen MR) is 71.1 cm³/mol. The molecule has 1 aliphatic carbocycles. The summed E-state index contributed by atoms with van der Waals surface area (Å²) in [5, 5.41) is 3.71. The first-order valence-electron chi connectivity index (χ1n) is 6.90. The van der Waals surface area contributed by atoms with Gasteiger partial charge in [0.15, 0.2) is 0 Å². The molecule has 0 aromatic carbocycles. The van der Waals surface area contributed by atoms with Crippen LogP contribution in [0.1, 0.15) is 19.3 Å². The third-order valence-corrected chi connectivity index (χ3v) is 4.33. The molecule has 1 N–H and O–H groups in total. The van der Waals surface area contributed by atoms with Crippen LogP contribution in [-0.4, -0.2) is 50.8 Å². The molecule has 2 rings (SSSR count). The molecule has 2 fully saturated rings. The summed E-state index contributed by atoms with van der Waals surface area (Å²) >= 11 is 0. The van der Waals surface area contributed by atoms with Crippen LogP contribution >= 0.6 is 0 Å². The molecule has 2 aliphatic rings. The van der Waals surface area contributed by atoms with Gasteiger partial charge in [-0.05, 0) is 31.2 Å². The largest absolute Gasteiger partial charge is 0.383 e. The maximum Gasteiger partial charge on any atom is 0.0589 e. The molecule has 98 valence electrons. The number of methoxy groups -OCH3 is 1. The number of hydrogen-bond acceptors (Lipinski definition) is 3. The molecule has 1 saturated heterocycles. The van der Waals surface area contributed by atoms with Crippen molar-refractivity contribution < 1.29 is 4.74 Å². The number of fused-ring (bicyclic) bond motifs is 1. The molecule has 0 spiro atoms. The predicted octanol–water partition coefficient (Wildman–Crippen LogP) is 1.51. The number of rotatable bonds is 7. The van der Waals surface area contributed by atoms with Crippen LogP contribution in [-0.2, 0) is 4.74 Å². The Labute approximate surface area is 105 Å². The van der Waals surface area contributed by atoms with Crippen LogP contribution in [0.3, 0.4) is 0 Å². The van der Waals surface area contributed by atoms with Crippen LogP contribution in [0.25, 0.3) is 0 Å². The van der Waals surface area contributed by atoms with E-state index in [1.54, 1.807) is 7.11 Å². The minimum atomic E-state index is 0.694. The van der Waals surface area contributed by atoms with Crippen molar-refractivity contribution in [2.45, 2.75) is 25.3 Å². The highest BCUT2D eigenvalue weighted by Gasteiger charge is 2.39. The van der Waals surface area contributed by atoms with Crippen molar-refractivity contribution >= 4 is 0 Å². The zero-order chi connectivity index (χ0) is 12.1. The first-order valence-corrected chi connectivity index (χ1v) is 6.90. The highest BCUT2D eigenvalue weighted by molar-refractivity contribution is 4.95. The van der Waals surface area contributed by atoms with E-state index in [9.17, 15) is 0 Å². The maximum atomic E-state index is 5.17. The van der Waals surface area contributed by atoms with Crippen LogP contribution in [0.4, 0.5) is 0 Å². The number of nitrogens with one attached hydrogen (secondary N) is 1. The van der Waals surface area contributed by atoms with Gasteiger partial charge in [0.25, 0.3) is 0 Å². The maximum absolute atomic E-state index is 5.17. The van der Waals surface area contributed by atoms with E-state index in [2.05, 4.69) is 16.8 Å². The first-order chi connectivity index (χ1) is 8.35. The van der Waals surface area contributed by atoms with Gasteiger partial charge < -0.3 is 10.1 Å². The Hall–Kier alpha value is -0.380. The second-order valence-electron chi connectivity index (χ2n) is 5.41. The summed E-state index contributed by atoms with van der Waals surface area (Å²) < 4.78 is 5.17. The van der Waals surface area contributed by atoms with Gasteiger partial charge in [-0.25, -0.2) is 0 Å². The van der Waals surface area contributed by atoms with E-state index in [1.165, 1.54) is 25.8 Å². The van der Waals surface area contributed by atoms with E-state index in [4.69, 9.17) is 4.74 Å². The van der Waals surface area contributed by atoms with E-state index < -0.39 is 0 Å². The molecule has 1 aliphatic heterocycles. The van der Waals surface area contributed by atoms with E-state index in [1.807, 2.05) is 6.08 Å². The van der Waals surface area contributed by atoms with Gasteiger partial charge in [0.2, 0.25) is 0 Å². The summed E-state index contributed by atoms with van der Waals surface area (Å²) in [5.74, 6) is 1.87. The lowest BCUT2D eigenvalue weighted by atomic mass is 9.94. The molecule has 3 nitrogen and oxygen atoms in total. The smallest absolute Gasteiger partial charge is 0.0589 e. The molecule has 3 atom stereocenters. The van der Waals surface area contributed by atoms with Crippen molar-refractivity contribution in [1.82, 2.24) is 10.2 Å². The lowest BCUT2D eigenvalue weighted by Crippen LogP contribution is -2.42. The number of hydrogen-bond donors (Lipinski definition) is 1. The molecule has 0 radical (unpaired) electrons. The normalized spacial score (nSPS) is 32.0. The molecular weight excluding hydrogens is 212 g/mol. The average Bonchev–Trinajstić information content (AvgIpc) is 2.91. The SMILES string of the molecule is C=CCN(CCOC)CC1NCC2CCCC21. The molecule has 3 heteroatoms. The quantitative estimate of drug-likeness (QED) is 0.680. The van der Waals surface area contributed by atoms with E-state index >= 15 is 0 Å². The Morgan fingerprint density at radius 1 is 1.47 bits per heavy atom. The lowest BCUT2D eigenvalue weighted by Gasteiger charge is -2.27. The first kappa shape index (κ1) is 13.1. The van der Waals surface area contributed by atoms with Crippen LogP contribution in [0.2, 0.25) is 0 Å². The van der Waals surface area contributed by atoms with Crippen LogP contribution in [0, 0.1) is 11.8 Å². The van der Waals surface area contributed by atoms with E-state index in [0.29, 0.717) is 6.04 Å². The fourth-order valence-electron chi connectivity index (χ4n) is 3.44. The Morgan fingerprint density at radius 3 is 3.12 bits per heavy atom. The molecule has 0 aromatic rings. The van der Waals surface area contributed by atoms with Gasteiger partial charge in [-0.15, -0.1) is 6.58 Å². The molecule has 1 saturated carbocycles. The van der Waals surface area contributed by atoms with Crippen LogP contribution in [0.15, 0.2) is 12.7 Å². The average molecular weight is 238 g/mol. The topological polar surface area (TPSA) is 24.5 Å². The zero-order valence-electron chi connectivity index (χ0n) is 11.0. The Balaban J connectivity index is 1.82. The summed E-state index contributed by atoms with van der Waals surface area (Å²) in [6.45, 7) is 9.03. The second-order valence-corrected chi connectivity index (χ2v) is 5.41. The minimum absolute atomic E-state index is 0.694. The molecule has 17 heavy (non-hydrogen) atoms. The van der Waals surface area contributed by atoms with Gasteiger partial charge in [0.1, 0.15) is 0 Å². The lowest BCUT2D eigenvalue weighted by molar-refractivity contribution is 0.144. The Kier molecular flexibility index (Phi) is 5.01. The molecule has 3 unspecified atom stereocenters. The van der Waals surface area contributed by atoms with Crippen molar-refractivity contribution in [3.8, 4) is 0 Å². The minimum Gasteiger partial charge on any atom is -0.383 e. The van der Waals surface area contributed by atoms with E-state index in [0.717, 1.165) is 38.1 Å². The molecule has 0 amide bonds. The second kappa shape index (κ2) is 6.53. The number of nitrogens with zero attached hydrogens (tertiary/aromatic N) is 1. The third kappa shape index (κ3) is 3.30. The van der Waals surface area contributed by atoms with Crippen molar-refractivity contribution in [2.75, 3.05) is 39.9 Å². The molecule has 0 aromatic heterocycles. The standard InChI is InChI=1S/C14H26N2O/c1-3-7-16(8-9-17-2)11-14-13-6-4-5-12(13)10-15-14/h3,12-15H,1,4-11H2,2H3. The van der Waals surface area contributed by atoms with Crippen molar-refractivity contribution in [3.63, 3.8) is 0 Å². The fourth-order valence-corrected chi connectivity index (χ4v) is 3.44. The van der Waals surface area contributed by atoms with Gasteiger partial charge in [-0.3, -0.25) is 4.90 Å². The Bertz CT molecular complexity index is 244. The number of ether oxygens (including phenoxy) is 1. The molecule has 0 bridgehead atoms. The highest BCUT2D eigenvalue weighted by atomic mass is 16.5. The fraction of sp³-hybridized carbons (Fsp3) is 0.857. The van der Waals surface area contributed by atoms with Crippen molar-refractivity contribution in [3.05, 3.63) is 12.7 Å². The van der Waals surface area contributed by atoms with Crippen LogP contribution in [0.5, 0.6) is 0 Å². The van der Waals surface area contributed by atoms with Gasteiger partial charge in [-0.2, -0.15) is 0 Å². The van der Waals surface area contributed by atoms with Crippen molar-refractivity contribution in [2.24, 2.45) is 11.8 Å². The summed E-state index contributed by atoms with van der Waals surface area (Å²) in [4.78, 5) is 2.45. The summed E-state index contributed by atoms with van der Waals surface area (Å²) in [5.41, 5.74) is 0. The molecule has 1 heterocycles. The highest BCUT2D eigenvalue weighted by Crippen LogP contribution is 2.37. The summed E-state index contributed by atoms with van der Waals surface area (Å²) in [6.07, 6.45) is 6.30. The summed E-state index contributed by atoms with van der Waals surface area (Å²) in [6, 6.07) is 0.694. The van der Waals surface area contributed by atoms with E-state index in [-0.39, 0.29) is 0 Å². The third-order valence-electron chi connectivity index (χ3n) is 4.33. The van der Waals surface area contributed by atoms with Crippen LogP contribution < -0.4 is 5.32 Å². The van der Waals surface area contributed by atoms with Crippen molar-refractivity contribution in [1.29, 1.82) is 0 Å². The van der Waals surface area contributed by atoms with Gasteiger partial charge in [0.05, 0.1) is 6.61 Å². The van der Waals surface area contributed by atoms with Gasteiger partial charge in [-0.1, -0.05) is 12.5 Å². The Morgan fingerprint density at radius 2 is 2.35 bits per heavy atom.